The van der Waals surface area contributed by atoms with Crippen LogP contribution in [0.4, 0.5) is 0 Å². The maximum absolute atomic E-state index is 11.9. The highest BCUT2D eigenvalue weighted by Gasteiger charge is 2.27. The van der Waals surface area contributed by atoms with Crippen molar-refractivity contribution >= 4 is 20.2 Å². The van der Waals surface area contributed by atoms with E-state index in [1.165, 1.54) is 24.3 Å². The fraction of sp³-hybridized carbons (Fsp3) is 0.308. The molecule has 0 atom stereocenters. The quantitative estimate of drug-likeness (QED) is 0.441. The van der Waals surface area contributed by atoms with E-state index in [0.29, 0.717) is 29.7 Å². The zero-order chi connectivity index (χ0) is 25.8. The normalized spacial score (nSPS) is 13.8. The van der Waals surface area contributed by atoms with Gasteiger partial charge in [-0.05, 0) is 88.9 Å². The van der Waals surface area contributed by atoms with E-state index in [9.17, 15) is 25.9 Å². The number of rotatable bonds is 5. The maximum atomic E-state index is 11.9. The molecule has 0 unspecified atom stereocenters. The van der Waals surface area contributed by atoms with E-state index < -0.39 is 20.2 Å². The van der Waals surface area contributed by atoms with Gasteiger partial charge in [-0.15, -0.1) is 0 Å². The van der Waals surface area contributed by atoms with Gasteiger partial charge in [0.05, 0.1) is 16.9 Å². The molecule has 3 aromatic carbocycles. The molecule has 0 amide bonds. The van der Waals surface area contributed by atoms with Crippen LogP contribution in [0.1, 0.15) is 43.9 Å². The molecule has 0 saturated carbocycles. The fourth-order valence-electron chi connectivity index (χ4n) is 4.51. The minimum atomic E-state index is -4.42. The lowest BCUT2D eigenvalue weighted by molar-refractivity contribution is 0.417. The Morgan fingerprint density at radius 2 is 1.20 bits per heavy atom. The minimum absolute atomic E-state index is 0.188. The average Bonchev–Trinajstić information content (AvgIpc) is 2.82. The van der Waals surface area contributed by atoms with E-state index in [-0.39, 0.29) is 15.2 Å². The Hall–Kier alpha value is -2.72. The number of ether oxygens (including phenoxy) is 1. The van der Waals surface area contributed by atoms with Crippen LogP contribution in [0.25, 0.3) is 22.3 Å². The fourth-order valence-corrected chi connectivity index (χ4v) is 5.58. The van der Waals surface area contributed by atoms with Crippen LogP contribution in [-0.2, 0) is 38.5 Å². The van der Waals surface area contributed by atoms with Crippen molar-refractivity contribution < 1.29 is 30.7 Å². The number of methoxy groups -OCH3 is 1. The number of hydrogen-bond donors (Lipinski definition) is 2. The van der Waals surface area contributed by atoms with Gasteiger partial charge in [0, 0.05) is 11.1 Å². The maximum Gasteiger partial charge on any atom is 0.294 e. The summed E-state index contributed by atoms with van der Waals surface area (Å²) in [5.74, 6) is 0.573. The van der Waals surface area contributed by atoms with Gasteiger partial charge in [-0.25, -0.2) is 0 Å². The second kappa shape index (κ2) is 8.74. The molecule has 4 rings (SSSR count). The van der Waals surface area contributed by atoms with Gasteiger partial charge in [0.25, 0.3) is 20.2 Å². The van der Waals surface area contributed by atoms with Gasteiger partial charge in [-0.1, -0.05) is 32.9 Å². The van der Waals surface area contributed by atoms with Gasteiger partial charge < -0.3 is 4.74 Å². The summed E-state index contributed by atoms with van der Waals surface area (Å²) in [7, 11) is -7.28. The number of benzene rings is 3. The van der Waals surface area contributed by atoms with Gasteiger partial charge in [0.1, 0.15) is 5.75 Å². The van der Waals surface area contributed by atoms with Crippen LogP contribution in [0.15, 0.2) is 58.3 Å². The van der Waals surface area contributed by atoms with Crippen molar-refractivity contribution in [3.05, 3.63) is 65.2 Å². The standard InChI is InChI=1S/C26H28O7S2/c1-5-26(2,3)18-14-23-21-10-8-19(34(27,28)29)12-16(21)6-7-17-13-20(35(30,31)32)9-11-22(17)24(15-18)25(23)33-4/h8-15H,5-7H2,1-4H3,(H,27,28,29)(H,30,31,32). The summed E-state index contributed by atoms with van der Waals surface area (Å²) < 4.78 is 72.6. The summed E-state index contributed by atoms with van der Waals surface area (Å²) in [5.41, 5.74) is 5.30. The average molecular weight is 517 g/mol. The molecular formula is C26H28O7S2. The van der Waals surface area contributed by atoms with Crippen molar-refractivity contribution in [1.82, 2.24) is 0 Å². The van der Waals surface area contributed by atoms with Crippen LogP contribution >= 0.6 is 0 Å². The molecule has 186 valence electrons. The molecule has 0 radical (unpaired) electrons. The highest BCUT2D eigenvalue weighted by atomic mass is 32.2. The molecular weight excluding hydrogens is 488 g/mol. The first-order valence-electron chi connectivity index (χ1n) is 11.2. The topological polar surface area (TPSA) is 118 Å². The molecule has 0 saturated heterocycles. The first kappa shape index (κ1) is 25.4. The SMILES string of the molecule is CCC(C)(C)c1cc2c(OC)c(c1)-c1ccc(S(=O)(=O)O)cc1CCc1cc(S(=O)(=O)O)ccc1-2. The molecule has 1 aliphatic rings. The molecule has 2 bridgehead atoms. The Balaban J connectivity index is 2.13. The van der Waals surface area contributed by atoms with Crippen LogP contribution in [0.2, 0.25) is 0 Å². The van der Waals surface area contributed by atoms with E-state index >= 15 is 0 Å². The molecule has 0 spiro atoms. The first-order valence-corrected chi connectivity index (χ1v) is 14.1. The minimum Gasteiger partial charge on any atom is -0.495 e. The van der Waals surface area contributed by atoms with Gasteiger partial charge in [-0.2, -0.15) is 16.8 Å². The molecule has 0 heterocycles. The van der Waals surface area contributed by atoms with Gasteiger partial charge >= 0.3 is 0 Å². The van der Waals surface area contributed by atoms with Crippen LogP contribution < -0.4 is 4.74 Å². The monoisotopic (exact) mass is 516 g/mol. The summed E-state index contributed by atoms with van der Waals surface area (Å²) in [6.45, 7) is 6.36. The number of aryl methyl sites for hydroxylation is 2. The Kier molecular flexibility index (Phi) is 6.34. The molecule has 35 heavy (non-hydrogen) atoms. The summed E-state index contributed by atoms with van der Waals surface area (Å²) in [6, 6.07) is 13.1. The molecule has 3 aromatic rings. The van der Waals surface area contributed by atoms with Crippen molar-refractivity contribution in [2.24, 2.45) is 0 Å². The van der Waals surface area contributed by atoms with Crippen molar-refractivity contribution in [1.29, 1.82) is 0 Å². The summed E-state index contributed by atoms with van der Waals surface area (Å²) in [5, 5.41) is 0. The van der Waals surface area contributed by atoms with E-state index in [4.69, 9.17) is 4.74 Å². The summed E-state index contributed by atoms with van der Waals surface area (Å²) in [6.07, 6.45) is 1.60. The van der Waals surface area contributed by atoms with E-state index in [1.807, 2.05) is 0 Å². The lowest BCUT2D eigenvalue weighted by atomic mass is 9.79. The molecule has 9 heteroatoms. The second-order valence-electron chi connectivity index (χ2n) is 9.43. The Morgan fingerprint density at radius 3 is 1.54 bits per heavy atom. The summed E-state index contributed by atoms with van der Waals surface area (Å²) >= 11 is 0. The van der Waals surface area contributed by atoms with E-state index in [1.54, 1.807) is 19.2 Å². The Bertz CT molecular complexity index is 1430. The smallest absolute Gasteiger partial charge is 0.294 e. The van der Waals surface area contributed by atoms with Crippen molar-refractivity contribution in [3.63, 3.8) is 0 Å². The molecule has 0 aromatic heterocycles. The number of fused-ring (bicyclic) bond motifs is 6. The molecule has 2 N–H and O–H groups in total. The largest absolute Gasteiger partial charge is 0.495 e. The molecule has 1 aliphatic carbocycles. The lowest BCUT2D eigenvalue weighted by Gasteiger charge is -2.27. The molecule has 0 aliphatic heterocycles. The van der Waals surface area contributed by atoms with Crippen molar-refractivity contribution in [2.75, 3.05) is 7.11 Å². The highest BCUT2D eigenvalue weighted by molar-refractivity contribution is 7.86. The zero-order valence-electron chi connectivity index (χ0n) is 20.0. The predicted octanol–water partition coefficient (Wildman–Crippen LogP) is 5.31. The summed E-state index contributed by atoms with van der Waals surface area (Å²) in [4.78, 5) is -0.432. The zero-order valence-corrected chi connectivity index (χ0v) is 21.6. The third-order valence-electron chi connectivity index (χ3n) is 6.95. The van der Waals surface area contributed by atoms with Crippen LogP contribution in [0, 0.1) is 0 Å². The van der Waals surface area contributed by atoms with Crippen molar-refractivity contribution in [3.8, 4) is 28.0 Å². The van der Waals surface area contributed by atoms with Crippen LogP contribution in [-0.4, -0.2) is 33.1 Å². The Labute approximate surface area is 206 Å². The van der Waals surface area contributed by atoms with Crippen LogP contribution in [0.5, 0.6) is 5.75 Å². The predicted molar refractivity (Wildman–Crippen MR) is 134 cm³/mol. The third kappa shape index (κ3) is 4.73. The second-order valence-corrected chi connectivity index (χ2v) is 12.3. The third-order valence-corrected chi connectivity index (χ3v) is 8.65. The Morgan fingerprint density at radius 1 is 0.771 bits per heavy atom. The van der Waals surface area contributed by atoms with Gasteiger partial charge in [-0.3, -0.25) is 9.11 Å². The van der Waals surface area contributed by atoms with Gasteiger partial charge in [0.15, 0.2) is 0 Å². The van der Waals surface area contributed by atoms with E-state index in [0.717, 1.165) is 34.2 Å². The molecule has 0 fully saturated rings. The molecule has 7 nitrogen and oxygen atoms in total. The number of hydrogen-bond acceptors (Lipinski definition) is 5. The first-order chi connectivity index (χ1) is 16.3. The van der Waals surface area contributed by atoms with Gasteiger partial charge in [0.2, 0.25) is 0 Å². The van der Waals surface area contributed by atoms with Crippen LogP contribution in [0.3, 0.4) is 0 Å². The highest BCUT2D eigenvalue weighted by Crippen LogP contribution is 2.46. The lowest BCUT2D eigenvalue weighted by Crippen LogP contribution is -2.16. The van der Waals surface area contributed by atoms with Crippen molar-refractivity contribution in [2.45, 2.75) is 55.2 Å². The van der Waals surface area contributed by atoms with E-state index in [2.05, 4.69) is 32.9 Å².